The maximum absolute atomic E-state index is 12.1. The van der Waals surface area contributed by atoms with Crippen LogP contribution in [-0.2, 0) is 11.3 Å². The van der Waals surface area contributed by atoms with Crippen LogP contribution in [0.3, 0.4) is 0 Å². The SMILES string of the molecule is NCCNC(=O)CCn1[nH]c(=O)c2ccccc2c1=O. The minimum Gasteiger partial charge on any atom is -0.355 e. The van der Waals surface area contributed by atoms with Gasteiger partial charge in [-0.15, -0.1) is 0 Å². The number of fused-ring (bicyclic) bond motifs is 1. The van der Waals surface area contributed by atoms with Crippen LogP contribution in [0.4, 0.5) is 0 Å². The first-order valence-electron chi connectivity index (χ1n) is 6.32. The van der Waals surface area contributed by atoms with Crippen LogP contribution < -0.4 is 22.2 Å². The Balaban J connectivity index is 2.23. The predicted molar refractivity (Wildman–Crippen MR) is 75.5 cm³/mol. The quantitative estimate of drug-likeness (QED) is 0.661. The number of aromatic nitrogens is 2. The van der Waals surface area contributed by atoms with Crippen molar-refractivity contribution in [1.29, 1.82) is 0 Å². The van der Waals surface area contributed by atoms with Gasteiger partial charge in [0.2, 0.25) is 5.91 Å². The molecule has 1 amide bonds. The molecule has 0 saturated heterocycles. The number of carbonyl (C=O) groups is 1. The third-order valence-corrected chi connectivity index (χ3v) is 2.91. The number of nitrogens with two attached hydrogens (primary N) is 1. The molecule has 106 valence electrons. The van der Waals surface area contributed by atoms with E-state index in [1.54, 1.807) is 24.3 Å². The number of carbonyl (C=O) groups excluding carboxylic acids is 1. The van der Waals surface area contributed by atoms with Crippen LogP contribution in [0.1, 0.15) is 6.42 Å². The zero-order valence-electron chi connectivity index (χ0n) is 10.9. The number of nitrogens with one attached hydrogen (secondary N) is 2. The van der Waals surface area contributed by atoms with Gasteiger partial charge < -0.3 is 11.1 Å². The predicted octanol–water partition coefficient (Wildman–Crippen LogP) is -0.845. The summed E-state index contributed by atoms with van der Waals surface area (Å²) in [4.78, 5) is 35.4. The van der Waals surface area contributed by atoms with E-state index in [0.717, 1.165) is 4.68 Å². The van der Waals surface area contributed by atoms with Crippen molar-refractivity contribution in [2.45, 2.75) is 13.0 Å². The van der Waals surface area contributed by atoms with Gasteiger partial charge in [0.05, 0.1) is 17.3 Å². The molecule has 2 rings (SSSR count). The largest absolute Gasteiger partial charge is 0.355 e. The number of H-pyrrole nitrogens is 1. The van der Waals surface area contributed by atoms with Crippen molar-refractivity contribution in [2.24, 2.45) is 5.73 Å². The van der Waals surface area contributed by atoms with Gasteiger partial charge in [-0.2, -0.15) is 0 Å². The minimum absolute atomic E-state index is 0.105. The van der Waals surface area contributed by atoms with E-state index in [4.69, 9.17) is 5.73 Å². The lowest BCUT2D eigenvalue weighted by atomic mass is 10.2. The molecule has 0 unspecified atom stereocenters. The molecule has 0 saturated carbocycles. The van der Waals surface area contributed by atoms with Crippen LogP contribution in [0, 0.1) is 0 Å². The number of aromatic amines is 1. The second-order valence-corrected chi connectivity index (χ2v) is 4.33. The normalized spacial score (nSPS) is 10.7. The Morgan fingerprint density at radius 2 is 1.95 bits per heavy atom. The van der Waals surface area contributed by atoms with Crippen LogP contribution in [-0.4, -0.2) is 28.8 Å². The summed E-state index contributed by atoms with van der Waals surface area (Å²) in [6.45, 7) is 0.871. The lowest BCUT2D eigenvalue weighted by molar-refractivity contribution is -0.121. The molecule has 4 N–H and O–H groups in total. The van der Waals surface area contributed by atoms with Crippen molar-refractivity contribution in [3.8, 4) is 0 Å². The Kier molecular flexibility index (Phi) is 4.31. The Morgan fingerprint density at radius 3 is 2.65 bits per heavy atom. The number of aryl methyl sites for hydroxylation is 1. The van der Waals surface area contributed by atoms with Crippen molar-refractivity contribution in [3.63, 3.8) is 0 Å². The highest BCUT2D eigenvalue weighted by molar-refractivity contribution is 5.80. The second-order valence-electron chi connectivity index (χ2n) is 4.33. The fourth-order valence-corrected chi connectivity index (χ4v) is 1.92. The number of rotatable bonds is 5. The lowest BCUT2D eigenvalue weighted by Crippen LogP contribution is -2.33. The Labute approximate surface area is 114 Å². The molecule has 0 aliphatic heterocycles. The van der Waals surface area contributed by atoms with Gasteiger partial charge in [-0.05, 0) is 12.1 Å². The summed E-state index contributed by atoms with van der Waals surface area (Å²) >= 11 is 0. The van der Waals surface area contributed by atoms with Crippen LogP contribution in [0.25, 0.3) is 10.8 Å². The first kappa shape index (κ1) is 14.0. The minimum atomic E-state index is -0.345. The number of hydrogen-bond acceptors (Lipinski definition) is 4. The van der Waals surface area contributed by atoms with E-state index in [1.807, 2.05) is 0 Å². The summed E-state index contributed by atoms with van der Waals surface area (Å²) in [5.41, 5.74) is 4.61. The second kappa shape index (κ2) is 6.16. The van der Waals surface area contributed by atoms with E-state index in [2.05, 4.69) is 10.4 Å². The average Bonchev–Trinajstić information content (AvgIpc) is 2.47. The molecule has 0 bridgehead atoms. The maximum Gasteiger partial charge on any atom is 0.273 e. The van der Waals surface area contributed by atoms with Crippen molar-refractivity contribution in [1.82, 2.24) is 15.1 Å². The molecule has 2 aromatic rings. The Bertz CT molecular complexity index is 732. The van der Waals surface area contributed by atoms with E-state index in [-0.39, 0.29) is 30.0 Å². The summed E-state index contributed by atoms with van der Waals surface area (Å²) in [7, 11) is 0. The van der Waals surface area contributed by atoms with Gasteiger partial charge in [-0.3, -0.25) is 19.5 Å². The first-order chi connectivity index (χ1) is 9.63. The molecule has 1 aromatic heterocycles. The fraction of sp³-hybridized carbons (Fsp3) is 0.308. The van der Waals surface area contributed by atoms with Gasteiger partial charge in [-0.1, -0.05) is 12.1 Å². The van der Waals surface area contributed by atoms with Gasteiger partial charge in [-0.25, -0.2) is 4.68 Å². The van der Waals surface area contributed by atoms with E-state index in [0.29, 0.717) is 23.9 Å². The van der Waals surface area contributed by atoms with Crippen molar-refractivity contribution in [2.75, 3.05) is 13.1 Å². The van der Waals surface area contributed by atoms with E-state index >= 15 is 0 Å². The molecule has 7 heteroatoms. The van der Waals surface area contributed by atoms with E-state index < -0.39 is 0 Å². The van der Waals surface area contributed by atoms with E-state index in [1.165, 1.54) is 0 Å². The molecular weight excluding hydrogens is 260 g/mol. The van der Waals surface area contributed by atoms with E-state index in [9.17, 15) is 14.4 Å². The van der Waals surface area contributed by atoms with Gasteiger partial charge >= 0.3 is 0 Å². The highest BCUT2D eigenvalue weighted by Crippen LogP contribution is 2.02. The zero-order chi connectivity index (χ0) is 14.5. The van der Waals surface area contributed by atoms with Crippen LogP contribution in [0.5, 0.6) is 0 Å². The number of benzene rings is 1. The molecule has 0 aliphatic rings. The zero-order valence-corrected chi connectivity index (χ0v) is 10.9. The third kappa shape index (κ3) is 2.94. The Hall–Kier alpha value is -2.41. The molecule has 0 radical (unpaired) electrons. The summed E-state index contributed by atoms with van der Waals surface area (Å²) < 4.78 is 1.16. The molecular formula is C13H16N4O3. The standard InChI is InChI=1S/C13H16N4O3/c14-6-7-15-11(18)5-8-17-13(20)10-4-2-1-3-9(10)12(19)16-17/h1-4H,5-8,14H2,(H,15,18)(H,16,19). The number of hydrogen-bond donors (Lipinski definition) is 3. The highest BCUT2D eigenvalue weighted by Gasteiger charge is 2.08. The Morgan fingerprint density at radius 1 is 1.25 bits per heavy atom. The van der Waals surface area contributed by atoms with Crippen LogP contribution in [0.15, 0.2) is 33.9 Å². The fourth-order valence-electron chi connectivity index (χ4n) is 1.92. The average molecular weight is 276 g/mol. The molecule has 20 heavy (non-hydrogen) atoms. The van der Waals surface area contributed by atoms with Crippen LogP contribution in [0.2, 0.25) is 0 Å². The van der Waals surface area contributed by atoms with Gasteiger partial charge in [0.25, 0.3) is 11.1 Å². The van der Waals surface area contributed by atoms with Gasteiger partial charge in [0, 0.05) is 19.5 Å². The molecule has 0 spiro atoms. The molecule has 7 nitrogen and oxygen atoms in total. The smallest absolute Gasteiger partial charge is 0.273 e. The summed E-state index contributed by atoms with van der Waals surface area (Å²) in [6, 6.07) is 6.58. The van der Waals surface area contributed by atoms with Gasteiger partial charge in [0.1, 0.15) is 0 Å². The highest BCUT2D eigenvalue weighted by atomic mass is 16.2. The van der Waals surface area contributed by atoms with Crippen molar-refractivity contribution in [3.05, 3.63) is 45.0 Å². The molecule has 1 heterocycles. The summed E-state index contributed by atoms with van der Waals surface area (Å²) in [5, 5.41) is 5.77. The summed E-state index contributed by atoms with van der Waals surface area (Å²) in [5.74, 6) is -0.212. The van der Waals surface area contributed by atoms with Crippen LogP contribution >= 0.6 is 0 Å². The molecule has 0 aliphatic carbocycles. The molecule has 1 aromatic carbocycles. The maximum atomic E-state index is 12.1. The first-order valence-corrected chi connectivity index (χ1v) is 6.32. The molecule has 0 atom stereocenters. The number of amides is 1. The topological polar surface area (TPSA) is 110 Å². The number of nitrogens with zero attached hydrogens (tertiary/aromatic N) is 1. The van der Waals surface area contributed by atoms with Gasteiger partial charge in [0.15, 0.2) is 0 Å². The third-order valence-electron chi connectivity index (χ3n) is 2.91. The lowest BCUT2D eigenvalue weighted by Gasteiger charge is -2.07. The van der Waals surface area contributed by atoms with Crippen molar-refractivity contribution < 1.29 is 4.79 Å². The summed E-state index contributed by atoms with van der Waals surface area (Å²) in [6.07, 6.45) is 0.105. The molecule has 0 fully saturated rings. The monoisotopic (exact) mass is 276 g/mol. The van der Waals surface area contributed by atoms with Crippen molar-refractivity contribution >= 4 is 16.7 Å².